The molecule has 0 unspecified atom stereocenters. The SMILES string of the molecule is Br.CCOc1cc2c(cc1C(=O)NC)C(=N)N(CC(=O)c1cc(OC)c(OC)c(C(C)(C)C)c1)C2. The summed E-state index contributed by atoms with van der Waals surface area (Å²) in [5.74, 6) is 1.35. The van der Waals surface area contributed by atoms with Crippen molar-refractivity contribution in [1.82, 2.24) is 10.2 Å². The molecule has 1 aliphatic rings. The van der Waals surface area contributed by atoms with Gasteiger partial charge in [-0.05, 0) is 42.2 Å². The van der Waals surface area contributed by atoms with Crippen molar-refractivity contribution < 1.29 is 23.8 Å². The predicted molar refractivity (Wildman–Crippen MR) is 141 cm³/mol. The number of nitrogens with one attached hydrogen (secondary N) is 2. The van der Waals surface area contributed by atoms with Crippen molar-refractivity contribution >= 4 is 34.5 Å². The number of rotatable bonds is 8. The normalized spacial score (nSPS) is 12.5. The van der Waals surface area contributed by atoms with Gasteiger partial charge < -0.3 is 24.4 Å². The van der Waals surface area contributed by atoms with Gasteiger partial charge in [0.1, 0.15) is 11.6 Å². The Morgan fingerprint density at radius 3 is 2.31 bits per heavy atom. The molecule has 1 amide bonds. The third-order valence-electron chi connectivity index (χ3n) is 5.85. The molecule has 0 radical (unpaired) electrons. The molecule has 1 heterocycles. The number of carbonyl (C=O) groups is 2. The summed E-state index contributed by atoms with van der Waals surface area (Å²) in [5, 5.41) is 11.3. The number of halogens is 1. The van der Waals surface area contributed by atoms with E-state index in [4.69, 9.17) is 19.6 Å². The molecule has 0 saturated carbocycles. The molecule has 0 aromatic heterocycles. The van der Waals surface area contributed by atoms with Gasteiger partial charge in [-0.25, -0.2) is 0 Å². The molecule has 3 rings (SSSR count). The molecular weight excluding hydrogens is 514 g/mol. The Labute approximate surface area is 217 Å². The summed E-state index contributed by atoms with van der Waals surface area (Å²) >= 11 is 0. The summed E-state index contributed by atoms with van der Waals surface area (Å²) < 4.78 is 16.7. The predicted octanol–water partition coefficient (Wildman–Crippen LogP) is 4.36. The van der Waals surface area contributed by atoms with Crippen molar-refractivity contribution in [1.29, 1.82) is 5.41 Å². The first-order chi connectivity index (χ1) is 16.0. The third kappa shape index (κ3) is 5.61. The molecule has 2 aromatic rings. The maximum atomic E-state index is 13.3. The van der Waals surface area contributed by atoms with Gasteiger partial charge in [0.15, 0.2) is 17.3 Å². The first-order valence-electron chi connectivity index (χ1n) is 11.2. The maximum absolute atomic E-state index is 13.3. The number of hydrogen-bond donors (Lipinski definition) is 2. The van der Waals surface area contributed by atoms with E-state index in [0.29, 0.717) is 47.1 Å². The van der Waals surface area contributed by atoms with Gasteiger partial charge in [-0.2, -0.15) is 0 Å². The highest BCUT2D eigenvalue weighted by molar-refractivity contribution is 8.93. The molecule has 190 valence electrons. The number of ether oxygens (including phenoxy) is 3. The Morgan fingerprint density at radius 1 is 1.09 bits per heavy atom. The van der Waals surface area contributed by atoms with Gasteiger partial charge in [0, 0.05) is 30.3 Å². The second kappa shape index (κ2) is 11.1. The molecule has 0 saturated heterocycles. The highest BCUT2D eigenvalue weighted by atomic mass is 79.9. The van der Waals surface area contributed by atoms with Crippen LogP contribution in [-0.2, 0) is 12.0 Å². The number of nitrogens with zero attached hydrogens (tertiary/aromatic N) is 1. The number of Topliss-reactive ketones (excluding diaryl/α,β-unsaturated/α-hetero) is 1. The van der Waals surface area contributed by atoms with Gasteiger partial charge in [0.2, 0.25) is 0 Å². The average Bonchev–Trinajstić information content (AvgIpc) is 3.10. The molecule has 0 bridgehead atoms. The van der Waals surface area contributed by atoms with Crippen LogP contribution in [0.5, 0.6) is 17.2 Å². The number of amides is 1. The van der Waals surface area contributed by atoms with Gasteiger partial charge in [0.25, 0.3) is 5.91 Å². The summed E-state index contributed by atoms with van der Waals surface area (Å²) in [6, 6.07) is 6.98. The first kappa shape index (κ1) is 28.2. The number of hydrogen-bond acceptors (Lipinski definition) is 6. The maximum Gasteiger partial charge on any atom is 0.254 e. The molecule has 0 aliphatic carbocycles. The summed E-state index contributed by atoms with van der Waals surface area (Å²) in [5.41, 5.74) is 2.93. The Bertz CT molecular complexity index is 1140. The number of amidine groups is 1. The summed E-state index contributed by atoms with van der Waals surface area (Å²) in [4.78, 5) is 27.3. The third-order valence-corrected chi connectivity index (χ3v) is 5.85. The topological polar surface area (TPSA) is 101 Å². The minimum Gasteiger partial charge on any atom is -0.493 e. The number of methoxy groups -OCH3 is 2. The van der Waals surface area contributed by atoms with Crippen LogP contribution >= 0.6 is 17.0 Å². The highest BCUT2D eigenvalue weighted by Gasteiger charge is 2.30. The Morgan fingerprint density at radius 2 is 1.77 bits per heavy atom. The molecule has 0 fully saturated rings. The molecule has 0 atom stereocenters. The number of ketones is 1. The molecule has 2 N–H and O–H groups in total. The van der Waals surface area contributed by atoms with E-state index in [9.17, 15) is 9.59 Å². The zero-order valence-corrected chi connectivity index (χ0v) is 23.0. The first-order valence-corrected chi connectivity index (χ1v) is 11.2. The van der Waals surface area contributed by atoms with Gasteiger partial charge in [-0.1, -0.05) is 20.8 Å². The van der Waals surface area contributed by atoms with Crippen molar-refractivity contribution in [2.24, 2.45) is 0 Å². The number of fused-ring (bicyclic) bond motifs is 1. The lowest BCUT2D eigenvalue weighted by Crippen LogP contribution is -2.30. The lowest BCUT2D eigenvalue weighted by Gasteiger charge is -2.25. The fourth-order valence-electron chi connectivity index (χ4n) is 4.10. The van der Waals surface area contributed by atoms with Crippen LogP contribution in [0.15, 0.2) is 24.3 Å². The zero-order valence-electron chi connectivity index (χ0n) is 21.3. The van der Waals surface area contributed by atoms with Gasteiger partial charge in [0.05, 0.1) is 32.9 Å². The lowest BCUT2D eigenvalue weighted by molar-refractivity contribution is 0.0952. The van der Waals surface area contributed by atoms with Crippen molar-refractivity contribution in [3.63, 3.8) is 0 Å². The quantitative estimate of drug-likeness (QED) is 0.476. The van der Waals surface area contributed by atoms with Crippen LogP contribution in [0.2, 0.25) is 0 Å². The molecule has 8 nitrogen and oxygen atoms in total. The fraction of sp³-hybridized carbons (Fsp3) is 0.423. The largest absolute Gasteiger partial charge is 0.493 e. The molecule has 9 heteroatoms. The fourth-order valence-corrected chi connectivity index (χ4v) is 4.10. The van der Waals surface area contributed by atoms with E-state index in [-0.39, 0.29) is 46.5 Å². The van der Waals surface area contributed by atoms with E-state index in [1.165, 1.54) is 0 Å². The van der Waals surface area contributed by atoms with E-state index < -0.39 is 0 Å². The molecular formula is C26H34BrN3O5. The Kier molecular flexibility index (Phi) is 8.94. The summed E-state index contributed by atoms with van der Waals surface area (Å²) in [6.45, 7) is 8.81. The number of benzene rings is 2. The standard InChI is InChI=1S/C26H33N3O5.BrH/c1-8-34-21-11-16-13-29(24(27)17(16)12-18(21)25(31)28-5)14-20(30)15-9-19(26(2,3)4)23(33-7)22(10-15)32-6;/h9-12,27H,8,13-14H2,1-7H3,(H,28,31);1H. The van der Waals surface area contributed by atoms with E-state index in [2.05, 4.69) is 5.32 Å². The van der Waals surface area contributed by atoms with Gasteiger partial charge in [-0.3, -0.25) is 15.0 Å². The van der Waals surface area contributed by atoms with Crippen LogP contribution in [0, 0.1) is 5.41 Å². The summed E-state index contributed by atoms with van der Waals surface area (Å²) in [6.07, 6.45) is 0. The van der Waals surface area contributed by atoms with E-state index in [0.717, 1.165) is 11.1 Å². The summed E-state index contributed by atoms with van der Waals surface area (Å²) in [7, 11) is 4.68. The van der Waals surface area contributed by atoms with Crippen LogP contribution in [0.1, 0.15) is 65.1 Å². The molecule has 35 heavy (non-hydrogen) atoms. The van der Waals surface area contributed by atoms with Crippen molar-refractivity contribution in [2.45, 2.75) is 39.7 Å². The van der Waals surface area contributed by atoms with Crippen LogP contribution in [-0.4, -0.2) is 56.8 Å². The second-order valence-electron chi connectivity index (χ2n) is 9.15. The molecule has 2 aromatic carbocycles. The Hall–Kier alpha value is -3.07. The van der Waals surface area contributed by atoms with Crippen molar-refractivity contribution in [3.05, 3.63) is 52.1 Å². The van der Waals surface area contributed by atoms with Crippen LogP contribution in [0.3, 0.4) is 0 Å². The smallest absolute Gasteiger partial charge is 0.254 e. The molecule has 1 aliphatic heterocycles. The minimum atomic E-state index is -0.284. The molecule has 0 spiro atoms. The minimum absolute atomic E-state index is 0. The van der Waals surface area contributed by atoms with Crippen molar-refractivity contribution in [2.75, 3.05) is 34.4 Å². The van der Waals surface area contributed by atoms with E-state index in [1.807, 2.05) is 33.8 Å². The monoisotopic (exact) mass is 547 g/mol. The lowest BCUT2D eigenvalue weighted by atomic mass is 9.84. The van der Waals surface area contributed by atoms with E-state index in [1.54, 1.807) is 44.4 Å². The van der Waals surface area contributed by atoms with Gasteiger partial charge in [-0.15, -0.1) is 17.0 Å². The highest BCUT2D eigenvalue weighted by Crippen LogP contribution is 2.40. The van der Waals surface area contributed by atoms with Crippen LogP contribution < -0.4 is 19.5 Å². The average molecular weight is 548 g/mol. The second-order valence-corrected chi connectivity index (χ2v) is 9.15. The van der Waals surface area contributed by atoms with E-state index >= 15 is 0 Å². The number of carbonyl (C=O) groups excluding carboxylic acids is 2. The van der Waals surface area contributed by atoms with Crippen LogP contribution in [0.4, 0.5) is 0 Å². The zero-order chi connectivity index (χ0) is 25.2. The Balaban J connectivity index is 0.00000432. The van der Waals surface area contributed by atoms with Crippen molar-refractivity contribution in [3.8, 4) is 17.2 Å². The van der Waals surface area contributed by atoms with Crippen LogP contribution in [0.25, 0.3) is 0 Å². The van der Waals surface area contributed by atoms with Gasteiger partial charge >= 0.3 is 0 Å².